The van der Waals surface area contributed by atoms with Crippen LogP contribution in [0.1, 0.15) is 19.4 Å². The van der Waals surface area contributed by atoms with Crippen molar-refractivity contribution in [3.05, 3.63) is 77.2 Å². The molecule has 1 saturated heterocycles. The first kappa shape index (κ1) is 29.0. The Morgan fingerprint density at radius 1 is 0.950 bits per heavy atom. The van der Waals surface area contributed by atoms with Gasteiger partial charge in [-0.05, 0) is 86.2 Å². The first-order valence-corrected chi connectivity index (χ1v) is 14.0. The molecule has 1 aliphatic rings. The molecular formula is C30H31N3O5S2. The van der Waals surface area contributed by atoms with Gasteiger partial charge in [0.25, 0.3) is 11.8 Å². The highest BCUT2D eigenvalue weighted by Gasteiger charge is 2.33. The Balaban J connectivity index is 1.43. The van der Waals surface area contributed by atoms with E-state index in [1.807, 2.05) is 57.1 Å². The number of thioether (sulfide) groups is 1. The minimum absolute atomic E-state index is 0.183. The van der Waals surface area contributed by atoms with Gasteiger partial charge in [0.1, 0.15) is 5.75 Å². The van der Waals surface area contributed by atoms with Crippen molar-refractivity contribution < 1.29 is 23.8 Å². The molecule has 0 saturated carbocycles. The lowest BCUT2D eigenvalue weighted by atomic mass is 10.1. The van der Waals surface area contributed by atoms with E-state index >= 15 is 0 Å². The van der Waals surface area contributed by atoms with Gasteiger partial charge in [-0.2, -0.15) is 0 Å². The molecule has 1 aliphatic heterocycles. The zero-order valence-electron chi connectivity index (χ0n) is 22.8. The van der Waals surface area contributed by atoms with Gasteiger partial charge in [0.05, 0.1) is 23.8 Å². The SMILES string of the molecule is CCOc1ccc(NC(=O)COc2ccc(/C=C3\SC(=S)N(c4ccc(N(C)C)cc4)C3=O)cc2OCC)cc1. The maximum Gasteiger partial charge on any atom is 0.270 e. The second-order valence-corrected chi connectivity index (χ2v) is 10.5. The van der Waals surface area contributed by atoms with Crippen LogP contribution < -0.4 is 29.3 Å². The van der Waals surface area contributed by atoms with E-state index in [-0.39, 0.29) is 18.4 Å². The Morgan fingerprint density at radius 3 is 2.30 bits per heavy atom. The highest BCUT2D eigenvalue weighted by molar-refractivity contribution is 8.27. The van der Waals surface area contributed by atoms with Crippen LogP contribution in [0, 0.1) is 0 Å². The van der Waals surface area contributed by atoms with E-state index in [4.69, 9.17) is 26.4 Å². The molecule has 1 N–H and O–H groups in total. The maximum absolute atomic E-state index is 13.2. The number of benzene rings is 3. The lowest BCUT2D eigenvalue weighted by Crippen LogP contribution is -2.27. The van der Waals surface area contributed by atoms with Crippen molar-refractivity contribution in [3.63, 3.8) is 0 Å². The molecule has 0 spiro atoms. The number of nitrogens with zero attached hydrogens (tertiary/aromatic N) is 2. The van der Waals surface area contributed by atoms with Gasteiger partial charge in [0, 0.05) is 25.5 Å². The number of hydrogen-bond acceptors (Lipinski definition) is 8. The van der Waals surface area contributed by atoms with Gasteiger partial charge in [-0.3, -0.25) is 14.5 Å². The second kappa shape index (κ2) is 13.4. The summed E-state index contributed by atoms with van der Waals surface area (Å²) in [4.78, 5) is 29.7. The van der Waals surface area contributed by atoms with Crippen molar-refractivity contribution in [2.24, 2.45) is 0 Å². The average Bonchev–Trinajstić information content (AvgIpc) is 3.21. The Morgan fingerprint density at radius 2 is 1.65 bits per heavy atom. The summed E-state index contributed by atoms with van der Waals surface area (Å²) in [6.45, 7) is 4.56. The monoisotopic (exact) mass is 577 g/mol. The lowest BCUT2D eigenvalue weighted by Gasteiger charge is -2.17. The van der Waals surface area contributed by atoms with E-state index in [1.165, 1.54) is 16.7 Å². The zero-order chi connectivity index (χ0) is 28.6. The van der Waals surface area contributed by atoms with Crippen molar-refractivity contribution in [2.45, 2.75) is 13.8 Å². The van der Waals surface area contributed by atoms with E-state index in [0.29, 0.717) is 39.6 Å². The van der Waals surface area contributed by atoms with E-state index < -0.39 is 0 Å². The fourth-order valence-electron chi connectivity index (χ4n) is 3.89. The van der Waals surface area contributed by atoms with Crippen LogP contribution >= 0.6 is 24.0 Å². The van der Waals surface area contributed by atoms with Gasteiger partial charge in [0.2, 0.25) is 0 Å². The summed E-state index contributed by atoms with van der Waals surface area (Å²) >= 11 is 6.77. The number of carbonyl (C=O) groups excluding carboxylic acids is 2. The van der Waals surface area contributed by atoms with Gasteiger partial charge in [-0.1, -0.05) is 30.0 Å². The molecule has 4 rings (SSSR count). The standard InChI is InChI=1S/C30H31N3O5S2/c1-5-36-24-14-8-21(9-15-24)31-28(34)19-38-25-16-7-20(17-26(25)37-6-2)18-27-29(35)33(30(39)40-27)23-12-10-22(11-13-23)32(3)4/h7-18H,5-6,19H2,1-4H3,(H,31,34)/b27-18-. The average molecular weight is 578 g/mol. The summed E-state index contributed by atoms with van der Waals surface area (Å²) in [5.41, 5.74) is 3.14. The third-order valence-electron chi connectivity index (χ3n) is 5.79. The fraction of sp³-hybridized carbons (Fsp3) is 0.233. The molecule has 1 heterocycles. The number of hydrogen-bond donors (Lipinski definition) is 1. The number of nitrogens with one attached hydrogen (secondary N) is 1. The normalized spacial score (nSPS) is 13.9. The van der Waals surface area contributed by atoms with Crippen LogP contribution in [-0.2, 0) is 9.59 Å². The van der Waals surface area contributed by atoms with Crippen LogP contribution in [0.15, 0.2) is 71.6 Å². The Labute approximate surface area is 243 Å². The molecule has 8 nitrogen and oxygen atoms in total. The minimum atomic E-state index is -0.307. The molecule has 0 radical (unpaired) electrons. The summed E-state index contributed by atoms with van der Waals surface area (Å²) in [5.74, 6) is 1.14. The highest BCUT2D eigenvalue weighted by atomic mass is 32.2. The van der Waals surface area contributed by atoms with Crippen molar-refractivity contribution in [1.29, 1.82) is 0 Å². The third-order valence-corrected chi connectivity index (χ3v) is 7.09. The number of amides is 2. The molecule has 3 aromatic carbocycles. The fourth-order valence-corrected chi connectivity index (χ4v) is 5.18. The Bertz CT molecular complexity index is 1410. The maximum atomic E-state index is 13.2. The van der Waals surface area contributed by atoms with Crippen molar-refractivity contribution >= 4 is 63.3 Å². The molecule has 0 aromatic heterocycles. The van der Waals surface area contributed by atoms with Gasteiger partial charge < -0.3 is 24.4 Å². The summed E-state index contributed by atoms with van der Waals surface area (Å²) in [5, 5.41) is 2.80. The van der Waals surface area contributed by atoms with Gasteiger partial charge >= 0.3 is 0 Å². The predicted octanol–water partition coefficient (Wildman–Crippen LogP) is 5.97. The van der Waals surface area contributed by atoms with Crippen LogP contribution in [0.3, 0.4) is 0 Å². The summed E-state index contributed by atoms with van der Waals surface area (Å²) in [6, 6.07) is 20.1. The summed E-state index contributed by atoms with van der Waals surface area (Å²) in [7, 11) is 3.92. The van der Waals surface area contributed by atoms with E-state index in [0.717, 1.165) is 22.7 Å². The number of ether oxygens (including phenoxy) is 3. The highest BCUT2D eigenvalue weighted by Crippen LogP contribution is 2.37. The molecule has 3 aromatic rings. The van der Waals surface area contributed by atoms with Crippen molar-refractivity contribution in [1.82, 2.24) is 0 Å². The van der Waals surface area contributed by atoms with Crippen molar-refractivity contribution in [3.8, 4) is 17.2 Å². The molecule has 10 heteroatoms. The largest absolute Gasteiger partial charge is 0.494 e. The first-order valence-electron chi connectivity index (χ1n) is 12.8. The van der Waals surface area contributed by atoms with Crippen LogP contribution in [0.4, 0.5) is 17.1 Å². The molecule has 1 fully saturated rings. The molecule has 0 aliphatic carbocycles. The van der Waals surface area contributed by atoms with E-state index in [2.05, 4.69) is 5.32 Å². The first-order chi connectivity index (χ1) is 19.3. The van der Waals surface area contributed by atoms with E-state index in [9.17, 15) is 9.59 Å². The molecule has 0 bridgehead atoms. The summed E-state index contributed by atoms with van der Waals surface area (Å²) < 4.78 is 17.4. The number of rotatable bonds is 11. The van der Waals surface area contributed by atoms with Gasteiger partial charge in [-0.25, -0.2) is 0 Å². The second-order valence-electron chi connectivity index (χ2n) is 8.86. The van der Waals surface area contributed by atoms with Crippen LogP contribution in [-0.4, -0.2) is 50.1 Å². The summed E-state index contributed by atoms with van der Waals surface area (Å²) in [6.07, 6.45) is 1.78. The predicted molar refractivity (Wildman–Crippen MR) is 166 cm³/mol. The van der Waals surface area contributed by atoms with Crippen LogP contribution in [0.2, 0.25) is 0 Å². The number of thiocarbonyl (C=S) groups is 1. The van der Waals surface area contributed by atoms with Crippen molar-refractivity contribution in [2.75, 3.05) is 49.0 Å². The Kier molecular flexibility index (Phi) is 9.68. The van der Waals surface area contributed by atoms with Gasteiger partial charge in [-0.15, -0.1) is 0 Å². The minimum Gasteiger partial charge on any atom is -0.494 e. The van der Waals surface area contributed by atoms with E-state index in [1.54, 1.807) is 48.5 Å². The molecule has 208 valence electrons. The lowest BCUT2D eigenvalue weighted by molar-refractivity contribution is -0.118. The molecule has 40 heavy (non-hydrogen) atoms. The molecule has 0 atom stereocenters. The van der Waals surface area contributed by atoms with Gasteiger partial charge in [0.15, 0.2) is 22.4 Å². The molecule has 0 unspecified atom stereocenters. The molecule has 2 amide bonds. The molecular weight excluding hydrogens is 546 g/mol. The smallest absolute Gasteiger partial charge is 0.270 e. The zero-order valence-corrected chi connectivity index (χ0v) is 24.4. The topological polar surface area (TPSA) is 80.3 Å². The van der Waals surface area contributed by atoms with Crippen LogP contribution in [0.25, 0.3) is 6.08 Å². The third kappa shape index (κ3) is 7.13. The Hall–Kier alpha value is -4.02. The van der Waals surface area contributed by atoms with Crippen LogP contribution in [0.5, 0.6) is 17.2 Å². The number of carbonyl (C=O) groups is 2. The quantitative estimate of drug-likeness (QED) is 0.221. The number of anilines is 3.